The van der Waals surface area contributed by atoms with Gasteiger partial charge in [-0.1, -0.05) is 6.08 Å². The van der Waals surface area contributed by atoms with E-state index in [-0.39, 0.29) is 5.79 Å². The molecule has 0 N–H and O–H groups in total. The zero-order valence-electron chi connectivity index (χ0n) is 5.02. The van der Waals surface area contributed by atoms with Crippen molar-refractivity contribution in [1.82, 2.24) is 0 Å². The summed E-state index contributed by atoms with van der Waals surface area (Å²) < 4.78 is 10.1. The van der Waals surface area contributed by atoms with Crippen molar-refractivity contribution in [3.8, 4) is 0 Å². The maximum absolute atomic E-state index is 5.15. The Labute approximate surface area is 49.1 Å². The second-order valence-electron chi connectivity index (χ2n) is 2.02. The van der Waals surface area contributed by atoms with Crippen molar-refractivity contribution in [2.75, 3.05) is 13.2 Å². The quantitative estimate of drug-likeness (QED) is 0.402. The van der Waals surface area contributed by atoms with Gasteiger partial charge >= 0.3 is 0 Å². The van der Waals surface area contributed by atoms with Gasteiger partial charge in [0.1, 0.15) is 6.61 Å². The molecule has 1 saturated heterocycles. The first kappa shape index (κ1) is 5.79. The van der Waals surface area contributed by atoms with E-state index in [1.165, 1.54) is 0 Å². The van der Waals surface area contributed by atoms with E-state index >= 15 is 0 Å². The molecule has 1 heterocycles. The maximum atomic E-state index is 5.15. The third-order valence-electron chi connectivity index (χ3n) is 1.06. The van der Waals surface area contributed by atoms with Crippen LogP contribution >= 0.6 is 0 Å². The molecular formula is C6H10O2. The van der Waals surface area contributed by atoms with Crippen molar-refractivity contribution in [1.29, 1.82) is 0 Å². The molecule has 0 bridgehead atoms. The smallest absolute Gasteiger partial charge is 0.189 e. The topological polar surface area (TPSA) is 21.8 Å². The molecule has 0 amide bonds. The van der Waals surface area contributed by atoms with Crippen LogP contribution in [0.25, 0.3) is 0 Å². The van der Waals surface area contributed by atoms with Crippen molar-refractivity contribution in [2.45, 2.75) is 12.7 Å². The third kappa shape index (κ3) is 1.32. The van der Waals surface area contributed by atoms with E-state index in [0.29, 0.717) is 6.61 Å². The normalized spacial score (nSPS) is 34.6. The second-order valence-corrected chi connectivity index (χ2v) is 2.02. The van der Waals surface area contributed by atoms with Gasteiger partial charge in [0, 0.05) is 0 Å². The van der Waals surface area contributed by atoms with Crippen LogP contribution < -0.4 is 0 Å². The van der Waals surface area contributed by atoms with E-state index in [1.54, 1.807) is 6.08 Å². The molecule has 0 aromatic heterocycles. The lowest BCUT2D eigenvalue weighted by Gasteiger charge is -2.01. The van der Waals surface area contributed by atoms with Crippen molar-refractivity contribution >= 4 is 0 Å². The van der Waals surface area contributed by atoms with Crippen LogP contribution in [-0.4, -0.2) is 19.0 Å². The molecule has 0 saturated carbocycles. The molecule has 1 unspecified atom stereocenters. The van der Waals surface area contributed by atoms with Gasteiger partial charge < -0.3 is 9.47 Å². The fourth-order valence-electron chi connectivity index (χ4n) is 0.420. The molecule has 0 radical (unpaired) electrons. The predicted molar refractivity (Wildman–Crippen MR) is 30.5 cm³/mol. The van der Waals surface area contributed by atoms with Gasteiger partial charge in [-0.05, 0) is 6.92 Å². The molecule has 1 aliphatic heterocycles. The Balaban J connectivity index is 2.09. The first-order valence-electron chi connectivity index (χ1n) is 2.66. The summed E-state index contributed by atoms with van der Waals surface area (Å²) in [6, 6.07) is 0. The van der Waals surface area contributed by atoms with Gasteiger partial charge in [-0.3, -0.25) is 0 Å². The minimum Gasteiger partial charge on any atom is -0.344 e. The molecule has 1 atom stereocenters. The van der Waals surface area contributed by atoms with E-state index in [4.69, 9.17) is 9.47 Å². The molecule has 1 rings (SSSR count). The number of epoxide rings is 1. The highest BCUT2D eigenvalue weighted by Gasteiger charge is 2.40. The van der Waals surface area contributed by atoms with Crippen LogP contribution in [0.2, 0.25) is 0 Å². The molecule has 0 spiro atoms. The van der Waals surface area contributed by atoms with Gasteiger partial charge in [0.15, 0.2) is 5.79 Å². The van der Waals surface area contributed by atoms with Crippen LogP contribution in [0.1, 0.15) is 6.92 Å². The predicted octanol–water partition coefficient (Wildman–Crippen LogP) is 0.935. The molecule has 8 heavy (non-hydrogen) atoms. The highest BCUT2D eigenvalue weighted by Crippen LogP contribution is 2.26. The summed E-state index contributed by atoms with van der Waals surface area (Å²) in [5, 5.41) is 0. The molecule has 2 heteroatoms. The van der Waals surface area contributed by atoms with Gasteiger partial charge in [0.25, 0.3) is 0 Å². The van der Waals surface area contributed by atoms with Crippen molar-refractivity contribution in [3.05, 3.63) is 12.7 Å². The number of rotatable bonds is 3. The van der Waals surface area contributed by atoms with E-state index in [2.05, 4.69) is 6.58 Å². The SMILES string of the molecule is C=CCOC1(C)CO1. The lowest BCUT2D eigenvalue weighted by Crippen LogP contribution is -2.09. The van der Waals surface area contributed by atoms with Crippen LogP contribution in [0.15, 0.2) is 12.7 Å². The summed E-state index contributed by atoms with van der Waals surface area (Å²) in [4.78, 5) is 0. The summed E-state index contributed by atoms with van der Waals surface area (Å²) in [7, 11) is 0. The number of ether oxygens (including phenoxy) is 2. The lowest BCUT2D eigenvalue weighted by atomic mass is 10.5. The average molecular weight is 114 g/mol. The lowest BCUT2D eigenvalue weighted by molar-refractivity contribution is -0.0145. The summed E-state index contributed by atoms with van der Waals surface area (Å²) in [6.45, 7) is 6.73. The number of hydrogen-bond donors (Lipinski definition) is 0. The standard InChI is InChI=1S/C6H10O2/c1-3-4-7-6(2)5-8-6/h3H,1,4-5H2,2H3. The molecule has 46 valence electrons. The Morgan fingerprint density at radius 2 is 2.62 bits per heavy atom. The van der Waals surface area contributed by atoms with Gasteiger partial charge in [0.05, 0.1) is 6.61 Å². The highest BCUT2D eigenvalue weighted by molar-refractivity contribution is 4.77. The van der Waals surface area contributed by atoms with Crippen LogP contribution in [0.5, 0.6) is 0 Å². The van der Waals surface area contributed by atoms with Crippen molar-refractivity contribution < 1.29 is 9.47 Å². The zero-order valence-corrected chi connectivity index (χ0v) is 5.02. The van der Waals surface area contributed by atoms with Crippen molar-refractivity contribution in [2.24, 2.45) is 0 Å². The van der Waals surface area contributed by atoms with Crippen LogP contribution in [-0.2, 0) is 9.47 Å². The number of hydrogen-bond acceptors (Lipinski definition) is 2. The Morgan fingerprint density at radius 1 is 2.00 bits per heavy atom. The van der Waals surface area contributed by atoms with E-state index in [1.807, 2.05) is 6.92 Å². The minimum atomic E-state index is -0.270. The first-order valence-corrected chi connectivity index (χ1v) is 2.66. The summed E-state index contributed by atoms with van der Waals surface area (Å²) in [5.74, 6) is -0.270. The van der Waals surface area contributed by atoms with Gasteiger partial charge in [-0.25, -0.2) is 0 Å². The van der Waals surface area contributed by atoms with Crippen molar-refractivity contribution in [3.63, 3.8) is 0 Å². The molecule has 1 fully saturated rings. The summed E-state index contributed by atoms with van der Waals surface area (Å²) >= 11 is 0. The van der Waals surface area contributed by atoms with E-state index in [9.17, 15) is 0 Å². The molecule has 0 aliphatic carbocycles. The molecule has 1 aliphatic rings. The third-order valence-corrected chi connectivity index (χ3v) is 1.06. The molecular weight excluding hydrogens is 104 g/mol. The van der Waals surface area contributed by atoms with Gasteiger partial charge in [-0.2, -0.15) is 0 Å². The Kier molecular flexibility index (Phi) is 1.36. The monoisotopic (exact) mass is 114 g/mol. The Bertz CT molecular complexity index is 94.7. The zero-order chi connectivity index (χ0) is 6.04. The second kappa shape index (κ2) is 1.88. The maximum Gasteiger partial charge on any atom is 0.189 e. The highest BCUT2D eigenvalue weighted by atomic mass is 16.8. The van der Waals surface area contributed by atoms with Crippen LogP contribution in [0.3, 0.4) is 0 Å². The first-order chi connectivity index (χ1) is 3.77. The van der Waals surface area contributed by atoms with Gasteiger partial charge in [-0.15, -0.1) is 6.58 Å². The van der Waals surface area contributed by atoms with E-state index in [0.717, 1.165) is 6.61 Å². The molecule has 0 aromatic rings. The summed E-state index contributed by atoms with van der Waals surface area (Å²) in [5.41, 5.74) is 0. The van der Waals surface area contributed by atoms with Gasteiger partial charge in [0.2, 0.25) is 0 Å². The molecule has 2 nitrogen and oxygen atoms in total. The average Bonchev–Trinajstić information content (AvgIpc) is 2.45. The largest absolute Gasteiger partial charge is 0.344 e. The Morgan fingerprint density at radius 3 is 3.00 bits per heavy atom. The van der Waals surface area contributed by atoms with Crippen LogP contribution in [0.4, 0.5) is 0 Å². The minimum absolute atomic E-state index is 0.270. The molecule has 0 aromatic carbocycles. The summed E-state index contributed by atoms with van der Waals surface area (Å²) in [6.07, 6.45) is 1.72. The fourth-order valence-corrected chi connectivity index (χ4v) is 0.420. The van der Waals surface area contributed by atoms with Crippen LogP contribution in [0, 0.1) is 0 Å². The Hall–Kier alpha value is -0.340. The van der Waals surface area contributed by atoms with E-state index < -0.39 is 0 Å². The fraction of sp³-hybridized carbons (Fsp3) is 0.667.